The van der Waals surface area contributed by atoms with Crippen LogP contribution in [0.3, 0.4) is 0 Å². The van der Waals surface area contributed by atoms with Gasteiger partial charge >= 0.3 is 6.09 Å². The van der Waals surface area contributed by atoms with Crippen LogP contribution in [0.15, 0.2) is 89.6 Å². The molecule has 0 saturated carbocycles. The summed E-state index contributed by atoms with van der Waals surface area (Å²) in [7, 11) is 0. The van der Waals surface area contributed by atoms with Gasteiger partial charge in [0, 0.05) is 29.9 Å². The van der Waals surface area contributed by atoms with Crippen molar-refractivity contribution in [3.05, 3.63) is 108 Å². The van der Waals surface area contributed by atoms with E-state index in [1.165, 1.54) is 0 Å². The van der Waals surface area contributed by atoms with Crippen molar-refractivity contribution >= 4 is 17.0 Å². The number of amides is 1. The minimum absolute atomic E-state index is 0.218. The first-order chi connectivity index (χ1) is 16.2. The van der Waals surface area contributed by atoms with E-state index < -0.39 is 12.2 Å². The minimum Gasteiger partial charge on any atom is -0.436 e. The third-order valence-electron chi connectivity index (χ3n) is 5.52. The molecular weight excluding hydrogens is 416 g/mol. The number of aromatic nitrogens is 3. The number of hydrogen-bond donors (Lipinski definition) is 2. The molecule has 0 unspecified atom stereocenters. The van der Waals surface area contributed by atoms with Gasteiger partial charge in [-0.05, 0) is 28.3 Å². The number of ether oxygens (including phenoxy) is 1. The predicted molar refractivity (Wildman–Crippen MR) is 124 cm³/mol. The molecule has 0 bridgehead atoms. The van der Waals surface area contributed by atoms with E-state index in [9.17, 15) is 4.79 Å². The van der Waals surface area contributed by atoms with Crippen LogP contribution >= 0.6 is 0 Å². The number of nitrogens with zero attached hydrogens (tertiary/aromatic N) is 2. The van der Waals surface area contributed by atoms with Crippen LogP contribution in [0.5, 0.6) is 0 Å². The highest BCUT2D eigenvalue weighted by molar-refractivity contribution is 5.83. The lowest BCUT2D eigenvalue weighted by molar-refractivity contribution is 0.0852. The van der Waals surface area contributed by atoms with Crippen molar-refractivity contribution in [1.29, 1.82) is 0 Å². The van der Waals surface area contributed by atoms with Gasteiger partial charge in [-0.25, -0.2) is 4.79 Å². The van der Waals surface area contributed by atoms with Gasteiger partial charge in [0.25, 0.3) is 5.89 Å². The topological polar surface area (TPSA) is 107 Å². The Morgan fingerprint density at radius 2 is 1.70 bits per heavy atom. The number of para-hydroxylation sites is 1. The van der Waals surface area contributed by atoms with Crippen molar-refractivity contribution in [2.75, 3.05) is 0 Å². The molecule has 3 N–H and O–H groups in total. The molecule has 164 valence electrons. The van der Waals surface area contributed by atoms with E-state index in [0.717, 1.165) is 33.2 Å². The van der Waals surface area contributed by atoms with Crippen molar-refractivity contribution < 1.29 is 14.1 Å². The Hall–Kier alpha value is -4.39. The van der Waals surface area contributed by atoms with Crippen LogP contribution in [0, 0.1) is 0 Å². The van der Waals surface area contributed by atoms with Crippen molar-refractivity contribution in [1.82, 2.24) is 15.1 Å². The summed E-state index contributed by atoms with van der Waals surface area (Å²) in [4.78, 5) is 19.2. The van der Waals surface area contributed by atoms with Gasteiger partial charge < -0.3 is 20.0 Å². The zero-order chi connectivity index (χ0) is 22.6. The molecule has 0 fully saturated rings. The predicted octanol–water partition coefficient (Wildman–Crippen LogP) is 5.19. The highest BCUT2D eigenvalue weighted by atomic mass is 16.6. The maximum Gasteiger partial charge on any atom is 0.405 e. The number of benzene rings is 3. The molecule has 7 nitrogen and oxygen atoms in total. The Morgan fingerprint density at radius 3 is 2.48 bits per heavy atom. The van der Waals surface area contributed by atoms with Gasteiger partial charge in [0.05, 0.1) is 0 Å². The first kappa shape index (κ1) is 20.5. The van der Waals surface area contributed by atoms with E-state index in [-0.39, 0.29) is 5.89 Å². The normalized spacial score (nSPS) is 12.0. The minimum atomic E-state index is -0.893. The smallest absolute Gasteiger partial charge is 0.405 e. The molecule has 0 aliphatic carbocycles. The molecule has 3 aromatic carbocycles. The van der Waals surface area contributed by atoms with Crippen LogP contribution < -0.4 is 5.73 Å². The maximum atomic E-state index is 11.5. The number of fused-ring (bicyclic) bond motifs is 1. The highest BCUT2D eigenvalue weighted by Gasteiger charge is 2.24. The maximum absolute atomic E-state index is 11.5. The Labute approximate surface area is 190 Å². The molecule has 1 atom stereocenters. The molecule has 0 saturated heterocycles. The van der Waals surface area contributed by atoms with Crippen LogP contribution in [0.25, 0.3) is 22.0 Å². The number of primary amides is 1. The fourth-order valence-corrected chi connectivity index (χ4v) is 3.92. The average molecular weight is 438 g/mol. The van der Waals surface area contributed by atoms with Crippen molar-refractivity contribution in [2.24, 2.45) is 5.73 Å². The van der Waals surface area contributed by atoms with E-state index in [4.69, 9.17) is 15.0 Å². The number of nitrogens with one attached hydrogen (secondary N) is 1. The summed E-state index contributed by atoms with van der Waals surface area (Å²) in [6, 6.07) is 26.3. The Balaban J connectivity index is 1.33. The molecular formula is C26H22N4O3. The zero-order valence-corrected chi connectivity index (χ0v) is 17.8. The lowest BCUT2D eigenvalue weighted by atomic mass is 10.0. The van der Waals surface area contributed by atoms with E-state index in [2.05, 4.69) is 39.4 Å². The van der Waals surface area contributed by atoms with E-state index in [1.54, 1.807) is 0 Å². The standard InChI is InChI=1S/C26H22N4O3/c27-26(31)32-23(15-20-16-28-22-9-5-4-8-21(20)22)25-29-24(30-33-25)14-17-10-12-19(13-11-17)18-6-2-1-3-7-18/h1-13,16,23,28H,14-15H2,(H2,27,31)/t23-/m0/s1. The molecule has 1 amide bonds. The first-order valence-corrected chi connectivity index (χ1v) is 10.6. The van der Waals surface area contributed by atoms with Crippen LogP contribution in [0.1, 0.15) is 28.9 Å². The monoisotopic (exact) mass is 438 g/mol. The number of aromatic amines is 1. The number of hydrogen-bond acceptors (Lipinski definition) is 5. The van der Waals surface area contributed by atoms with E-state index in [1.807, 2.05) is 60.8 Å². The number of carbonyl (C=O) groups is 1. The summed E-state index contributed by atoms with van der Waals surface area (Å²) in [5.41, 5.74) is 10.6. The van der Waals surface area contributed by atoms with Gasteiger partial charge in [0.2, 0.25) is 0 Å². The zero-order valence-electron chi connectivity index (χ0n) is 17.8. The molecule has 0 radical (unpaired) electrons. The van der Waals surface area contributed by atoms with Crippen LogP contribution in [-0.4, -0.2) is 21.2 Å². The van der Waals surface area contributed by atoms with Crippen LogP contribution in [0.4, 0.5) is 4.79 Å². The van der Waals surface area contributed by atoms with Crippen LogP contribution in [0.2, 0.25) is 0 Å². The summed E-state index contributed by atoms with van der Waals surface area (Å²) in [5, 5.41) is 5.12. The number of nitrogens with two attached hydrogens (primary N) is 1. The van der Waals surface area contributed by atoms with Crippen molar-refractivity contribution in [3.8, 4) is 11.1 Å². The second-order valence-electron chi connectivity index (χ2n) is 7.78. The molecule has 5 aromatic rings. The quantitative estimate of drug-likeness (QED) is 0.364. The Bertz CT molecular complexity index is 1370. The number of carbonyl (C=O) groups excluding carboxylic acids is 1. The van der Waals surface area contributed by atoms with Gasteiger partial charge in [0.15, 0.2) is 11.9 Å². The Morgan fingerprint density at radius 1 is 0.970 bits per heavy atom. The molecule has 2 aromatic heterocycles. The largest absolute Gasteiger partial charge is 0.436 e. The van der Waals surface area contributed by atoms with Gasteiger partial charge in [-0.1, -0.05) is 78.0 Å². The SMILES string of the molecule is NC(=O)O[C@@H](Cc1c[nH]c2ccccc12)c1nc(Cc2ccc(-c3ccccc3)cc2)no1. The van der Waals surface area contributed by atoms with Crippen molar-refractivity contribution in [3.63, 3.8) is 0 Å². The fourth-order valence-electron chi connectivity index (χ4n) is 3.92. The molecule has 2 heterocycles. The van der Waals surface area contributed by atoms with Crippen LogP contribution in [-0.2, 0) is 17.6 Å². The third kappa shape index (κ3) is 4.62. The first-order valence-electron chi connectivity index (χ1n) is 10.6. The molecule has 33 heavy (non-hydrogen) atoms. The van der Waals surface area contributed by atoms with Gasteiger partial charge in [-0.3, -0.25) is 0 Å². The lowest BCUT2D eigenvalue weighted by Gasteiger charge is -2.12. The van der Waals surface area contributed by atoms with E-state index in [0.29, 0.717) is 18.7 Å². The van der Waals surface area contributed by atoms with Gasteiger partial charge in [-0.2, -0.15) is 4.98 Å². The van der Waals surface area contributed by atoms with E-state index >= 15 is 0 Å². The highest BCUT2D eigenvalue weighted by Crippen LogP contribution is 2.27. The molecule has 0 aliphatic heterocycles. The summed E-state index contributed by atoms with van der Waals surface area (Å²) in [6.07, 6.45) is 1.07. The summed E-state index contributed by atoms with van der Waals surface area (Å²) >= 11 is 0. The van der Waals surface area contributed by atoms with Gasteiger partial charge in [-0.15, -0.1) is 0 Å². The molecule has 0 spiro atoms. The van der Waals surface area contributed by atoms with Gasteiger partial charge in [0.1, 0.15) is 0 Å². The molecule has 7 heteroatoms. The molecule has 0 aliphatic rings. The Kier molecular flexibility index (Phi) is 5.59. The average Bonchev–Trinajstić information content (AvgIpc) is 3.47. The molecule has 5 rings (SSSR count). The summed E-state index contributed by atoms with van der Waals surface area (Å²) < 4.78 is 10.8. The summed E-state index contributed by atoms with van der Waals surface area (Å²) in [5.74, 6) is 0.726. The van der Waals surface area contributed by atoms with Crippen molar-refractivity contribution in [2.45, 2.75) is 18.9 Å². The number of H-pyrrole nitrogens is 1. The number of rotatable bonds is 7. The third-order valence-corrected chi connectivity index (χ3v) is 5.52. The summed E-state index contributed by atoms with van der Waals surface area (Å²) in [6.45, 7) is 0. The second-order valence-corrected chi connectivity index (χ2v) is 7.78. The second kappa shape index (κ2) is 9.00. The lowest BCUT2D eigenvalue weighted by Crippen LogP contribution is -2.19. The fraction of sp³-hybridized carbons (Fsp3) is 0.115.